The first kappa shape index (κ1) is 23.0. The number of aliphatic imine (C=N–C) groups is 1. The van der Waals surface area contributed by atoms with Gasteiger partial charge in [-0.15, -0.1) is 24.0 Å². The predicted octanol–water partition coefficient (Wildman–Crippen LogP) is 3.39. The first-order valence-electron chi connectivity index (χ1n) is 8.60. The Labute approximate surface area is 170 Å². The van der Waals surface area contributed by atoms with Gasteiger partial charge in [-0.2, -0.15) is 13.2 Å². The van der Waals surface area contributed by atoms with E-state index in [-0.39, 0.29) is 29.4 Å². The molecule has 1 aliphatic rings. The van der Waals surface area contributed by atoms with Crippen molar-refractivity contribution in [3.63, 3.8) is 0 Å². The molecule has 0 unspecified atom stereocenters. The van der Waals surface area contributed by atoms with Gasteiger partial charge >= 0.3 is 6.18 Å². The number of halogens is 4. The highest BCUT2D eigenvalue weighted by molar-refractivity contribution is 14.0. The Balaban J connectivity index is 0.00000338. The molecule has 0 atom stereocenters. The lowest BCUT2D eigenvalue weighted by atomic mass is 9.96. The molecular weight excluding hydrogens is 456 g/mol. The van der Waals surface area contributed by atoms with Crippen molar-refractivity contribution in [3.8, 4) is 0 Å². The van der Waals surface area contributed by atoms with Crippen LogP contribution in [0.3, 0.4) is 0 Å². The molecule has 1 saturated carbocycles. The number of hydrogen-bond acceptors (Lipinski definition) is 2. The van der Waals surface area contributed by atoms with Gasteiger partial charge in [0.25, 0.3) is 0 Å². The molecule has 1 aliphatic carbocycles. The molecule has 0 heterocycles. The maximum absolute atomic E-state index is 12.3. The summed E-state index contributed by atoms with van der Waals surface area (Å²) in [5.74, 6) is 0.695. The van der Waals surface area contributed by atoms with Crippen molar-refractivity contribution in [2.24, 2.45) is 4.99 Å². The van der Waals surface area contributed by atoms with Crippen LogP contribution in [0.5, 0.6) is 0 Å². The molecule has 0 bridgehead atoms. The average molecular weight is 484 g/mol. The number of nitrogens with zero attached hydrogens (tertiary/aromatic N) is 2. The van der Waals surface area contributed by atoms with Crippen LogP contribution in [0.4, 0.5) is 13.2 Å². The molecule has 1 aromatic carbocycles. The predicted molar refractivity (Wildman–Crippen MR) is 110 cm³/mol. The Bertz CT molecular complexity index is 559. The fourth-order valence-corrected chi connectivity index (χ4v) is 2.92. The van der Waals surface area contributed by atoms with Crippen molar-refractivity contribution in [1.82, 2.24) is 15.5 Å². The van der Waals surface area contributed by atoms with Gasteiger partial charge in [0.1, 0.15) is 0 Å². The molecule has 0 aromatic heterocycles. The summed E-state index contributed by atoms with van der Waals surface area (Å²) in [5.41, 5.74) is 1.53. The van der Waals surface area contributed by atoms with E-state index in [0.29, 0.717) is 25.5 Å². The maximum atomic E-state index is 12.3. The molecule has 8 heteroatoms. The van der Waals surface area contributed by atoms with Crippen LogP contribution < -0.4 is 10.6 Å². The van der Waals surface area contributed by atoms with Crippen molar-refractivity contribution < 1.29 is 13.2 Å². The largest absolute Gasteiger partial charge is 0.401 e. The summed E-state index contributed by atoms with van der Waals surface area (Å²) in [6.07, 6.45) is -1.21. The Morgan fingerprint density at radius 2 is 1.85 bits per heavy atom. The van der Waals surface area contributed by atoms with Gasteiger partial charge in [-0.25, -0.2) is 0 Å². The molecule has 148 valence electrons. The van der Waals surface area contributed by atoms with Crippen molar-refractivity contribution >= 4 is 29.9 Å². The lowest BCUT2D eigenvalue weighted by Gasteiger charge is -2.20. The zero-order chi connectivity index (χ0) is 18.3. The van der Waals surface area contributed by atoms with Gasteiger partial charge in [-0.3, -0.25) is 9.89 Å². The molecule has 0 spiro atoms. The first-order chi connectivity index (χ1) is 11.8. The lowest BCUT2D eigenvalue weighted by molar-refractivity contribution is -0.143. The monoisotopic (exact) mass is 484 g/mol. The molecule has 0 amide bonds. The third-order valence-electron chi connectivity index (χ3n) is 4.52. The van der Waals surface area contributed by atoms with Crippen molar-refractivity contribution in [2.45, 2.75) is 30.9 Å². The second-order valence-electron chi connectivity index (χ2n) is 6.71. The molecule has 1 fully saturated rings. The minimum atomic E-state index is -4.14. The van der Waals surface area contributed by atoms with Crippen molar-refractivity contribution in [2.75, 3.05) is 40.3 Å². The summed E-state index contributed by atoms with van der Waals surface area (Å²) < 4.78 is 36.8. The molecule has 1 aromatic rings. The van der Waals surface area contributed by atoms with Gasteiger partial charge in [-0.1, -0.05) is 30.3 Å². The Morgan fingerprint density at radius 3 is 2.38 bits per heavy atom. The summed E-state index contributed by atoms with van der Waals surface area (Å²) in [5, 5.41) is 6.51. The maximum Gasteiger partial charge on any atom is 0.401 e. The standard InChI is InChI=1S/C18H27F3N4.HI/c1-22-16(23-11-6-12-25(2)14-18(19,20)21)24-13-17(9-10-17)15-7-4-3-5-8-15;/h3-5,7-8H,6,9-14H2,1-2H3,(H2,22,23,24);1H. The van der Waals surface area contributed by atoms with E-state index in [4.69, 9.17) is 0 Å². The number of nitrogens with one attached hydrogen (secondary N) is 2. The third kappa shape index (κ3) is 7.69. The summed E-state index contributed by atoms with van der Waals surface area (Å²) in [6.45, 7) is 0.905. The highest BCUT2D eigenvalue weighted by atomic mass is 127. The SMILES string of the molecule is CN=C(NCCCN(C)CC(F)(F)F)NCC1(c2ccccc2)CC1.I. The zero-order valence-electron chi connectivity index (χ0n) is 15.3. The van der Waals surface area contributed by atoms with Crippen LogP contribution in [0.1, 0.15) is 24.8 Å². The molecule has 2 N–H and O–H groups in total. The highest BCUT2D eigenvalue weighted by Crippen LogP contribution is 2.47. The smallest absolute Gasteiger partial charge is 0.356 e. The van der Waals surface area contributed by atoms with Gasteiger partial charge < -0.3 is 10.6 Å². The van der Waals surface area contributed by atoms with E-state index < -0.39 is 12.7 Å². The molecule has 0 saturated heterocycles. The van der Waals surface area contributed by atoms with Crippen LogP contribution >= 0.6 is 24.0 Å². The fraction of sp³-hybridized carbons (Fsp3) is 0.611. The molecule has 26 heavy (non-hydrogen) atoms. The third-order valence-corrected chi connectivity index (χ3v) is 4.52. The Morgan fingerprint density at radius 1 is 1.19 bits per heavy atom. The van der Waals surface area contributed by atoms with Gasteiger partial charge in [-0.05, 0) is 38.4 Å². The molecule has 0 aliphatic heterocycles. The van der Waals surface area contributed by atoms with E-state index >= 15 is 0 Å². The summed E-state index contributed by atoms with van der Waals surface area (Å²) >= 11 is 0. The number of hydrogen-bond donors (Lipinski definition) is 2. The van der Waals surface area contributed by atoms with E-state index in [9.17, 15) is 13.2 Å². The number of alkyl halides is 3. The number of benzene rings is 1. The topological polar surface area (TPSA) is 39.7 Å². The minimum absolute atomic E-state index is 0. The Kier molecular flexibility index (Phi) is 9.15. The number of guanidine groups is 1. The van der Waals surface area contributed by atoms with Crippen LogP contribution in [0, 0.1) is 0 Å². The minimum Gasteiger partial charge on any atom is -0.356 e. The van der Waals surface area contributed by atoms with Crippen LogP contribution in [0.15, 0.2) is 35.3 Å². The Hall–Kier alpha value is -1.03. The van der Waals surface area contributed by atoms with E-state index in [2.05, 4.69) is 39.9 Å². The van der Waals surface area contributed by atoms with Crippen LogP contribution in [0.25, 0.3) is 0 Å². The summed E-state index contributed by atoms with van der Waals surface area (Å²) in [7, 11) is 3.18. The van der Waals surface area contributed by atoms with Crippen LogP contribution in [0.2, 0.25) is 0 Å². The molecule has 4 nitrogen and oxygen atoms in total. The second-order valence-corrected chi connectivity index (χ2v) is 6.71. The zero-order valence-corrected chi connectivity index (χ0v) is 17.6. The van der Waals surface area contributed by atoms with Gasteiger partial charge in [0.2, 0.25) is 0 Å². The normalized spacial score (nSPS) is 16.2. The van der Waals surface area contributed by atoms with Crippen LogP contribution in [-0.2, 0) is 5.41 Å². The van der Waals surface area contributed by atoms with Gasteiger partial charge in [0.05, 0.1) is 6.54 Å². The van der Waals surface area contributed by atoms with E-state index in [1.54, 1.807) is 7.05 Å². The van der Waals surface area contributed by atoms with E-state index in [0.717, 1.165) is 19.4 Å². The van der Waals surface area contributed by atoms with E-state index in [1.165, 1.54) is 17.5 Å². The fourth-order valence-electron chi connectivity index (χ4n) is 2.92. The lowest BCUT2D eigenvalue weighted by Crippen LogP contribution is -2.42. The average Bonchev–Trinajstić information content (AvgIpc) is 3.34. The van der Waals surface area contributed by atoms with Crippen molar-refractivity contribution in [3.05, 3.63) is 35.9 Å². The molecule has 0 radical (unpaired) electrons. The molecule has 2 rings (SSSR count). The van der Waals surface area contributed by atoms with Gasteiger partial charge in [0.15, 0.2) is 5.96 Å². The quantitative estimate of drug-likeness (QED) is 0.257. The summed E-state index contributed by atoms with van der Waals surface area (Å²) in [4.78, 5) is 5.47. The second kappa shape index (κ2) is 10.3. The first-order valence-corrected chi connectivity index (χ1v) is 8.60. The van der Waals surface area contributed by atoms with Crippen LogP contribution in [-0.4, -0.2) is 57.3 Å². The van der Waals surface area contributed by atoms with Gasteiger partial charge in [0, 0.05) is 25.6 Å². The summed E-state index contributed by atoms with van der Waals surface area (Å²) in [6, 6.07) is 10.4. The molecular formula is C18H28F3IN4. The highest BCUT2D eigenvalue weighted by Gasteiger charge is 2.43. The number of rotatable bonds is 8. The van der Waals surface area contributed by atoms with Crippen molar-refractivity contribution in [1.29, 1.82) is 0 Å². The van der Waals surface area contributed by atoms with E-state index in [1.807, 2.05) is 6.07 Å².